The molecule has 0 bridgehead atoms. The number of benzene rings is 1. The highest BCUT2D eigenvalue weighted by molar-refractivity contribution is 6.04. The van der Waals surface area contributed by atoms with E-state index in [0.29, 0.717) is 5.56 Å². The minimum Gasteiger partial charge on any atom is -0.507 e. The molecule has 1 aromatic carbocycles. The van der Waals surface area contributed by atoms with Gasteiger partial charge < -0.3 is 19.7 Å². The maximum atomic E-state index is 12.2. The normalized spacial score (nSPS) is 21.8. The van der Waals surface area contributed by atoms with E-state index in [9.17, 15) is 20.1 Å². The second-order valence-electron chi connectivity index (χ2n) is 5.12. The van der Waals surface area contributed by atoms with Gasteiger partial charge in [-0.15, -0.1) is 0 Å². The number of aliphatic hydroxyl groups excluding tert-OH is 1. The quantitative estimate of drug-likeness (QED) is 0.743. The summed E-state index contributed by atoms with van der Waals surface area (Å²) in [6, 6.07) is 4.29. The lowest BCUT2D eigenvalue weighted by Crippen LogP contribution is -2.22. The van der Waals surface area contributed by atoms with E-state index in [-0.39, 0.29) is 46.5 Å². The number of Topliss-reactive ketones (excluding diaryl/α,β-unsaturated/α-hetero) is 1. The molecule has 3 rings (SSSR count). The molecule has 2 unspecified atom stereocenters. The van der Waals surface area contributed by atoms with Gasteiger partial charge in [0.15, 0.2) is 11.5 Å². The van der Waals surface area contributed by atoms with Crippen molar-refractivity contribution >= 4 is 5.78 Å². The van der Waals surface area contributed by atoms with Gasteiger partial charge in [0.05, 0.1) is 17.9 Å². The molecule has 1 aromatic heterocycles. The number of fused-ring (bicyclic) bond motifs is 1. The summed E-state index contributed by atoms with van der Waals surface area (Å²) in [4.78, 5) is 12.2. The van der Waals surface area contributed by atoms with Gasteiger partial charge in [-0.2, -0.15) is 0 Å². The third-order valence-corrected chi connectivity index (χ3v) is 3.71. The zero-order valence-corrected chi connectivity index (χ0v) is 10.8. The second kappa shape index (κ2) is 4.38. The predicted molar refractivity (Wildman–Crippen MR) is 70.5 cm³/mol. The molecule has 0 radical (unpaired) electrons. The molecular formula is C15H14O5. The lowest BCUT2D eigenvalue weighted by molar-refractivity contribution is 0.0754. The molecule has 2 aromatic rings. The first-order valence-corrected chi connectivity index (χ1v) is 6.34. The lowest BCUT2D eigenvalue weighted by Gasteiger charge is -2.23. The molecule has 20 heavy (non-hydrogen) atoms. The van der Waals surface area contributed by atoms with E-state index in [4.69, 9.17) is 4.42 Å². The van der Waals surface area contributed by atoms with Crippen LogP contribution in [0.5, 0.6) is 11.5 Å². The molecule has 0 aliphatic heterocycles. The van der Waals surface area contributed by atoms with Crippen molar-refractivity contribution in [3.63, 3.8) is 0 Å². The van der Waals surface area contributed by atoms with Gasteiger partial charge in [-0.1, -0.05) is 13.0 Å². The first-order chi connectivity index (χ1) is 9.50. The summed E-state index contributed by atoms with van der Waals surface area (Å²) in [7, 11) is 0. The molecule has 1 heterocycles. The Labute approximate surface area is 115 Å². The van der Waals surface area contributed by atoms with E-state index in [0.717, 1.165) is 0 Å². The Morgan fingerprint density at radius 1 is 1.20 bits per heavy atom. The standard InChI is InChI=1S/C15H14O5/c1-7-5-11(18)12-8(14(7)19)6-20-15(12)13-9(16)3-2-4-10(13)17/h2-4,6-7,14,16-17,19H,5H2,1H3. The van der Waals surface area contributed by atoms with Crippen LogP contribution in [-0.4, -0.2) is 21.1 Å². The monoisotopic (exact) mass is 274 g/mol. The first kappa shape index (κ1) is 12.7. The molecule has 5 nitrogen and oxygen atoms in total. The number of furan rings is 1. The molecule has 0 saturated heterocycles. The van der Waals surface area contributed by atoms with Gasteiger partial charge in [0, 0.05) is 12.0 Å². The molecular weight excluding hydrogens is 260 g/mol. The fourth-order valence-corrected chi connectivity index (χ4v) is 2.63. The molecule has 1 aliphatic rings. The van der Waals surface area contributed by atoms with Crippen LogP contribution in [-0.2, 0) is 0 Å². The zero-order valence-electron chi connectivity index (χ0n) is 10.8. The number of rotatable bonds is 1. The number of carbonyl (C=O) groups excluding carboxylic acids is 1. The molecule has 1 aliphatic carbocycles. The molecule has 2 atom stereocenters. The van der Waals surface area contributed by atoms with E-state index >= 15 is 0 Å². The number of phenolic OH excluding ortho intramolecular Hbond substituents is 2. The van der Waals surface area contributed by atoms with Crippen molar-refractivity contribution in [2.45, 2.75) is 19.4 Å². The number of aromatic hydroxyl groups is 2. The molecule has 0 fully saturated rings. The van der Waals surface area contributed by atoms with Crippen LogP contribution in [0.1, 0.15) is 35.4 Å². The summed E-state index contributed by atoms with van der Waals surface area (Å²) in [5.74, 6) is -0.597. The number of ketones is 1. The van der Waals surface area contributed by atoms with Crippen LogP contribution in [0.15, 0.2) is 28.9 Å². The number of carbonyl (C=O) groups is 1. The Morgan fingerprint density at radius 2 is 1.85 bits per heavy atom. The molecule has 5 heteroatoms. The maximum absolute atomic E-state index is 12.2. The summed E-state index contributed by atoms with van der Waals surface area (Å²) in [6.07, 6.45) is 0.734. The van der Waals surface area contributed by atoms with Gasteiger partial charge in [0.1, 0.15) is 17.1 Å². The summed E-state index contributed by atoms with van der Waals surface area (Å²) < 4.78 is 5.35. The van der Waals surface area contributed by atoms with Gasteiger partial charge >= 0.3 is 0 Å². The summed E-state index contributed by atoms with van der Waals surface area (Å²) in [5.41, 5.74) is 0.725. The average Bonchev–Trinajstić information content (AvgIpc) is 2.81. The summed E-state index contributed by atoms with van der Waals surface area (Å²) in [6.45, 7) is 1.79. The van der Waals surface area contributed by atoms with Crippen molar-refractivity contribution in [3.05, 3.63) is 35.6 Å². The van der Waals surface area contributed by atoms with Crippen molar-refractivity contribution in [3.8, 4) is 22.8 Å². The number of hydrogen-bond acceptors (Lipinski definition) is 5. The van der Waals surface area contributed by atoms with Gasteiger partial charge in [-0.25, -0.2) is 0 Å². The molecule has 0 spiro atoms. The fourth-order valence-electron chi connectivity index (χ4n) is 2.63. The number of hydrogen-bond donors (Lipinski definition) is 3. The summed E-state index contributed by atoms with van der Waals surface area (Å²) in [5, 5.41) is 29.9. The van der Waals surface area contributed by atoms with Crippen LogP contribution < -0.4 is 0 Å². The number of aliphatic hydroxyl groups is 1. The van der Waals surface area contributed by atoms with Crippen LogP contribution in [0.2, 0.25) is 0 Å². The minimum absolute atomic E-state index is 0.0730. The largest absolute Gasteiger partial charge is 0.507 e. The molecule has 104 valence electrons. The predicted octanol–water partition coefficient (Wildman–Crippen LogP) is 2.61. The highest BCUT2D eigenvalue weighted by Crippen LogP contribution is 2.45. The van der Waals surface area contributed by atoms with E-state index in [1.807, 2.05) is 0 Å². The van der Waals surface area contributed by atoms with Gasteiger partial charge in [0.25, 0.3) is 0 Å². The Hall–Kier alpha value is -2.27. The van der Waals surface area contributed by atoms with Crippen molar-refractivity contribution in [2.24, 2.45) is 5.92 Å². The van der Waals surface area contributed by atoms with E-state index in [2.05, 4.69) is 0 Å². The third kappa shape index (κ3) is 1.71. The third-order valence-electron chi connectivity index (χ3n) is 3.71. The first-order valence-electron chi connectivity index (χ1n) is 6.34. The lowest BCUT2D eigenvalue weighted by atomic mass is 9.82. The smallest absolute Gasteiger partial charge is 0.167 e. The van der Waals surface area contributed by atoms with Crippen LogP contribution >= 0.6 is 0 Å². The summed E-state index contributed by atoms with van der Waals surface area (Å²) >= 11 is 0. The minimum atomic E-state index is -0.784. The Balaban J connectivity index is 2.24. The Bertz CT molecular complexity index is 665. The Kier molecular flexibility index (Phi) is 2.79. The van der Waals surface area contributed by atoms with E-state index in [1.54, 1.807) is 6.92 Å². The van der Waals surface area contributed by atoms with Crippen molar-refractivity contribution in [1.29, 1.82) is 0 Å². The van der Waals surface area contributed by atoms with E-state index in [1.165, 1.54) is 24.5 Å². The van der Waals surface area contributed by atoms with Crippen LogP contribution in [0, 0.1) is 5.92 Å². The van der Waals surface area contributed by atoms with Crippen molar-refractivity contribution < 1.29 is 24.5 Å². The molecule has 0 amide bonds. The maximum Gasteiger partial charge on any atom is 0.167 e. The van der Waals surface area contributed by atoms with Gasteiger partial charge in [-0.3, -0.25) is 4.79 Å². The Morgan fingerprint density at radius 3 is 2.50 bits per heavy atom. The van der Waals surface area contributed by atoms with Gasteiger partial charge in [0.2, 0.25) is 0 Å². The second-order valence-corrected chi connectivity index (χ2v) is 5.12. The number of phenols is 2. The highest BCUT2D eigenvalue weighted by Gasteiger charge is 2.36. The topological polar surface area (TPSA) is 90.9 Å². The van der Waals surface area contributed by atoms with Crippen LogP contribution in [0.25, 0.3) is 11.3 Å². The van der Waals surface area contributed by atoms with E-state index < -0.39 is 6.10 Å². The average molecular weight is 274 g/mol. The molecule has 0 saturated carbocycles. The zero-order chi connectivity index (χ0) is 14.4. The van der Waals surface area contributed by atoms with Crippen LogP contribution in [0.3, 0.4) is 0 Å². The van der Waals surface area contributed by atoms with Crippen molar-refractivity contribution in [1.82, 2.24) is 0 Å². The van der Waals surface area contributed by atoms with Crippen molar-refractivity contribution in [2.75, 3.05) is 0 Å². The SMILES string of the molecule is CC1CC(=O)c2c(coc2-c2c(O)cccc2O)C1O. The molecule has 3 N–H and O–H groups in total. The van der Waals surface area contributed by atoms with Gasteiger partial charge in [-0.05, 0) is 18.1 Å². The van der Waals surface area contributed by atoms with Crippen LogP contribution in [0.4, 0.5) is 0 Å². The fraction of sp³-hybridized carbons (Fsp3) is 0.267. The highest BCUT2D eigenvalue weighted by atomic mass is 16.3.